The minimum absolute atomic E-state index is 0.0294. The van der Waals surface area contributed by atoms with Crippen LogP contribution in [0.25, 0.3) is 0 Å². The topological polar surface area (TPSA) is 56.2 Å². The zero-order valence-corrected chi connectivity index (χ0v) is 23.6. The summed E-state index contributed by atoms with van der Waals surface area (Å²) in [6.07, 6.45) is 14.4. The van der Waals surface area contributed by atoms with Gasteiger partial charge in [-0.2, -0.15) is 5.06 Å². The highest BCUT2D eigenvalue weighted by atomic mass is 16.7. The third-order valence-corrected chi connectivity index (χ3v) is 11.2. The molecule has 0 aliphatic heterocycles. The van der Waals surface area contributed by atoms with Gasteiger partial charge in [-0.25, -0.2) is 0 Å². The monoisotopic (exact) mass is 490 g/mol. The van der Waals surface area contributed by atoms with Crippen molar-refractivity contribution in [2.45, 2.75) is 103 Å². The zero-order chi connectivity index (χ0) is 25.4. The fourth-order valence-corrected chi connectivity index (χ4v) is 9.05. The van der Waals surface area contributed by atoms with Crippen LogP contribution in [0.1, 0.15) is 91.4 Å². The van der Waals surface area contributed by atoms with Gasteiger partial charge < -0.3 is 15.1 Å². The molecule has 0 aromatic heterocycles. The summed E-state index contributed by atoms with van der Waals surface area (Å²) in [4.78, 5) is 8.18. The van der Waals surface area contributed by atoms with Crippen molar-refractivity contribution < 1.29 is 15.1 Å². The first-order chi connectivity index (χ1) is 16.5. The number of aliphatic hydroxyl groups is 2. The number of hydrogen-bond donors (Lipinski definition) is 2. The van der Waals surface area contributed by atoms with Crippen LogP contribution < -0.4 is 0 Å². The summed E-state index contributed by atoms with van der Waals surface area (Å²) in [5, 5.41) is 24.7. The molecular formula is C30H54N2O3. The highest BCUT2D eigenvalue weighted by Crippen LogP contribution is 2.69. The molecule has 35 heavy (non-hydrogen) atoms. The van der Waals surface area contributed by atoms with Gasteiger partial charge in [0.15, 0.2) is 0 Å². The van der Waals surface area contributed by atoms with E-state index >= 15 is 0 Å². The van der Waals surface area contributed by atoms with Gasteiger partial charge in [-0.15, -0.1) is 0 Å². The van der Waals surface area contributed by atoms with Gasteiger partial charge in [0.1, 0.15) is 0 Å². The Kier molecular flexibility index (Phi) is 8.45. The number of likely N-dealkylation sites (N-methyl/N-ethyl adjacent to an activating group) is 1. The molecule has 4 aliphatic carbocycles. The summed E-state index contributed by atoms with van der Waals surface area (Å²) >= 11 is 0. The van der Waals surface area contributed by atoms with E-state index in [0.717, 1.165) is 77.5 Å². The molecule has 0 spiro atoms. The molecule has 0 unspecified atom stereocenters. The van der Waals surface area contributed by atoms with Crippen molar-refractivity contribution in [3.63, 3.8) is 0 Å². The van der Waals surface area contributed by atoms with Crippen LogP contribution in [-0.2, 0) is 4.84 Å². The van der Waals surface area contributed by atoms with Gasteiger partial charge in [0.05, 0.1) is 18.3 Å². The second kappa shape index (κ2) is 10.7. The first-order valence-corrected chi connectivity index (χ1v) is 14.6. The SMILES string of the molecule is C/C(=C\[C@H]1CC[C@]2(O)[C@@H]3CC[C@@H]4C[C@@H](O)CC[C@]4(C)[C@H]3CC[C@]12C)CN(C)OCCCCN(C)C. The highest BCUT2D eigenvalue weighted by Gasteiger charge is 2.66. The minimum atomic E-state index is -0.545. The number of rotatable bonds is 9. The molecule has 5 nitrogen and oxygen atoms in total. The number of fused-ring (bicyclic) bond motifs is 5. The van der Waals surface area contributed by atoms with E-state index in [1.165, 1.54) is 18.4 Å². The lowest BCUT2D eigenvalue weighted by Crippen LogP contribution is -2.62. The lowest BCUT2D eigenvalue weighted by Gasteiger charge is -2.63. The molecule has 4 aliphatic rings. The predicted octanol–water partition coefficient (Wildman–Crippen LogP) is 5.27. The van der Waals surface area contributed by atoms with Crippen LogP contribution in [0.15, 0.2) is 11.6 Å². The van der Waals surface area contributed by atoms with Gasteiger partial charge >= 0.3 is 0 Å². The zero-order valence-electron chi connectivity index (χ0n) is 23.6. The van der Waals surface area contributed by atoms with E-state index in [9.17, 15) is 10.2 Å². The normalized spacial score (nSPS) is 43.8. The van der Waals surface area contributed by atoms with Gasteiger partial charge in [0.25, 0.3) is 0 Å². The molecule has 0 bridgehead atoms. The van der Waals surface area contributed by atoms with Crippen molar-refractivity contribution >= 4 is 0 Å². The molecule has 5 heteroatoms. The molecule has 4 saturated carbocycles. The third kappa shape index (κ3) is 5.27. The molecule has 202 valence electrons. The molecule has 2 N–H and O–H groups in total. The average Bonchev–Trinajstić information content (AvgIpc) is 3.04. The van der Waals surface area contributed by atoms with Crippen molar-refractivity contribution in [2.24, 2.45) is 34.5 Å². The summed E-state index contributed by atoms with van der Waals surface area (Å²) in [7, 11) is 6.27. The van der Waals surface area contributed by atoms with Crippen molar-refractivity contribution in [2.75, 3.05) is 40.8 Å². The third-order valence-electron chi connectivity index (χ3n) is 11.2. The van der Waals surface area contributed by atoms with Gasteiger partial charge in [-0.3, -0.25) is 4.84 Å². The number of unbranched alkanes of at least 4 members (excludes halogenated alkanes) is 1. The van der Waals surface area contributed by atoms with Gasteiger partial charge in [0.2, 0.25) is 0 Å². The fourth-order valence-electron chi connectivity index (χ4n) is 9.05. The number of allylic oxidation sites excluding steroid dienone is 1. The van der Waals surface area contributed by atoms with E-state index in [1.807, 2.05) is 12.1 Å². The molecular weight excluding hydrogens is 436 g/mol. The van der Waals surface area contributed by atoms with Gasteiger partial charge in [-0.1, -0.05) is 25.5 Å². The van der Waals surface area contributed by atoms with Gasteiger partial charge in [0, 0.05) is 19.0 Å². The smallest absolute Gasteiger partial charge is 0.0737 e. The van der Waals surface area contributed by atoms with Crippen LogP contribution in [0.5, 0.6) is 0 Å². The highest BCUT2D eigenvalue weighted by molar-refractivity contribution is 5.21. The summed E-state index contributed by atoms with van der Waals surface area (Å²) in [6, 6.07) is 0. The van der Waals surface area contributed by atoms with E-state index in [2.05, 4.69) is 45.8 Å². The second-order valence-electron chi connectivity index (χ2n) is 13.6. The van der Waals surface area contributed by atoms with Crippen LogP contribution in [0.4, 0.5) is 0 Å². The van der Waals surface area contributed by atoms with E-state index in [0.29, 0.717) is 29.1 Å². The summed E-state index contributed by atoms with van der Waals surface area (Å²) in [6.45, 7) is 9.84. The number of nitrogens with zero attached hydrogens (tertiary/aromatic N) is 2. The molecule has 0 amide bonds. The van der Waals surface area contributed by atoms with E-state index < -0.39 is 5.60 Å². The molecule has 4 rings (SSSR count). The molecule has 4 fully saturated rings. The summed E-state index contributed by atoms with van der Waals surface area (Å²) < 4.78 is 0. The van der Waals surface area contributed by atoms with Crippen molar-refractivity contribution in [1.29, 1.82) is 0 Å². The Morgan fingerprint density at radius 3 is 2.49 bits per heavy atom. The summed E-state index contributed by atoms with van der Waals surface area (Å²) in [5.74, 6) is 2.12. The van der Waals surface area contributed by atoms with E-state index in [-0.39, 0.29) is 11.5 Å². The Hall–Kier alpha value is -0.460. The van der Waals surface area contributed by atoms with Crippen LogP contribution in [0, 0.1) is 34.5 Å². The molecule has 0 saturated heterocycles. The maximum absolute atomic E-state index is 12.4. The molecule has 8 atom stereocenters. The molecule has 0 radical (unpaired) electrons. The van der Waals surface area contributed by atoms with Crippen LogP contribution in [-0.4, -0.2) is 72.7 Å². The molecule has 0 heterocycles. The first kappa shape index (κ1) is 27.6. The summed E-state index contributed by atoms with van der Waals surface area (Å²) in [5.41, 5.74) is 1.08. The van der Waals surface area contributed by atoms with Crippen molar-refractivity contribution in [3.05, 3.63) is 11.6 Å². The van der Waals surface area contributed by atoms with E-state index in [4.69, 9.17) is 4.84 Å². The minimum Gasteiger partial charge on any atom is -0.393 e. The largest absolute Gasteiger partial charge is 0.393 e. The predicted molar refractivity (Wildman–Crippen MR) is 143 cm³/mol. The maximum atomic E-state index is 12.4. The van der Waals surface area contributed by atoms with Crippen molar-refractivity contribution in [3.8, 4) is 0 Å². The lowest BCUT2D eigenvalue weighted by atomic mass is 9.43. The average molecular weight is 491 g/mol. The lowest BCUT2D eigenvalue weighted by molar-refractivity contribution is -0.207. The van der Waals surface area contributed by atoms with Crippen molar-refractivity contribution in [1.82, 2.24) is 9.96 Å². The van der Waals surface area contributed by atoms with Crippen LogP contribution in [0.3, 0.4) is 0 Å². The Labute approximate surface area is 215 Å². The van der Waals surface area contributed by atoms with Crippen LogP contribution >= 0.6 is 0 Å². The number of hydroxylamine groups is 2. The molecule has 0 aromatic rings. The quantitative estimate of drug-likeness (QED) is 0.262. The number of aliphatic hydroxyl groups excluding tert-OH is 1. The van der Waals surface area contributed by atoms with E-state index in [1.54, 1.807) is 0 Å². The Morgan fingerprint density at radius 1 is 0.971 bits per heavy atom. The maximum Gasteiger partial charge on any atom is 0.0737 e. The van der Waals surface area contributed by atoms with Crippen LogP contribution in [0.2, 0.25) is 0 Å². The Morgan fingerprint density at radius 2 is 1.74 bits per heavy atom. The molecule has 0 aromatic carbocycles. The first-order valence-electron chi connectivity index (χ1n) is 14.6. The number of hydrogen-bond acceptors (Lipinski definition) is 5. The second-order valence-corrected chi connectivity index (χ2v) is 13.6. The Balaban J connectivity index is 1.38. The fraction of sp³-hybridized carbons (Fsp3) is 0.933. The standard InChI is InChI=1S/C30H54N2O3/c1-22(21-32(6)35-18-8-7-17-31(4)5)19-24-11-16-30(34)27-10-9-23-20-25(33)12-14-28(23,2)26(27)13-15-29(24,30)3/h19,23-27,33-34H,7-18,20-21H2,1-6H3/b22-19+/t23-,24-,25+,26+,27-,28+,29-,30+/m1/s1. The van der Waals surface area contributed by atoms with Gasteiger partial charge in [-0.05, 0) is 127 Å². The Bertz CT molecular complexity index is 756.